The van der Waals surface area contributed by atoms with E-state index in [2.05, 4.69) is 18.8 Å². The number of pyridine rings is 1. The predicted octanol–water partition coefficient (Wildman–Crippen LogP) is 2.03. The van der Waals surface area contributed by atoms with Crippen LogP contribution in [0, 0.1) is 6.92 Å². The number of rotatable bonds is 4. The van der Waals surface area contributed by atoms with Crippen molar-refractivity contribution in [3.8, 4) is 5.75 Å². The number of hydrogen-bond acceptors (Lipinski definition) is 3. The van der Waals surface area contributed by atoms with E-state index in [-0.39, 0.29) is 6.10 Å². The normalized spacial score (nSPS) is 12.6. The van der Waals surface area contributed by atoms with Crippen LogP contribution in [-0.2, 0) is 6.54 Å². The molecule has 0 aromatic carbocycles. The van der Waals surface area contributed by atoms with Gasteiger partial charge in [0.1, 0.15) is 5.75 Å². The number of nitrogens with two attached hydrogens (primary N) is 1. The van der Waals surface area contributed by atoms with Gasteiger partial charge in [0.25, 0.3) is 0 Å². The van der Waals surface area contributed by atoms with Crippen LogP contribution < -0.4 is 10.5 Å². The monoisotopic (exact) mass is 194 g/mol. The average molecular weight is 194 g/mol. The fraction of sp³-hybridized carbons (Fsp3) is 0.545. The maximum atomic E-state index is 5.75. The van der Waals surface area contributed by atoms with E-state index in [4.69, 9.17) is 10.5 Å². The van der Waals surface area contributed by atoms with Crippen LogP contribution in [0.5, 0.6) is 5.75 Å². The molecule has 3 heteroatoms. The largest absolute Gasteiger partial charge is 0.490 e. The summed E-state index contributed by atoms with van der Waals surface area (Å²) in [6.07, 6.45) is 3.00. The van der Waals surface area contributed by atoms with Crippen molar-refractivity contribution < 1.29 is 4.74 Å². The number of aromatic nitrogens is 1. The average Bonchev–Trinajstić information content (AvgIpc) is 2.18. The first-order chi connectivity index (χ1) is 6.67. The van der Waals surface area contributed by atoms with Gasteiger partial charge in [0.2, 0.25) is 0 Å². The zero-order valence-corrected chi connectivity index (χ0v) is 9.08. The Labute approximate surface area is 85.3 Å². The summed E-state index contributed by atoms with van der Waals surface area (Å²) < 4.78 is 5.75. The van der Waals surface area contributed by atoms with Gasteiger partial charge in [-0.05, 0) is 20.3 Å². The molecule has 1 heterocycles. The van der Waals surface area contributed by atoms with Gasteiger partial charge in [0, 0.05) is 30.1 Å². The van der Waals surface area contributed by atoms with Crippen LogP contribution in [0.4, 0.5) is 0 Å². The van der Waals surface area contributed by atoms with Crippen LogP contribution in [0.2, 0.25) is 0 Å². The van der Waals surface area contributed by atoms with E-state index in [0.29, 0.717) is 6.54 Å². The van der Waals surface area contributed by atoms with Crippen molar-refractivity contribution in [2.75, 3.05) is 0 Å². The fourth-order valence-corrected chi connectivity index (χ4v) is 1.13. The van der Waals surface area contributed by atoms with Gasteiger partial charge in [-0.25, -0.2) is 0 Å². The molecule has 2 N–H and O–H groups in total. The molecule has 1 atom stereocenters. The SMILES string of the molecule is CCC(C)Oc1cc(C)ncc1CN. The summed E-state index contributed by atoms with van der Waals surface area (Å²) in [4.78, 5) is 4.18. The van der Waals surface area contributed by atoms with Crippen LogP contribution in [-0.4, -0.2) is 11.1 Å². The first-order valence-electron chi connectivity index (χ1n) is 4.99. The molecule has 1 aromatic heterocycles. The van der Waals surface area contributed by atoms with E-state index in [9.17, 15) is 0 Å². The molecular weight excluding hydrogens is 176 g/mol. The van der Waals surface area contributed by atoms with E-state index in [1.807, 2.05) is 13.0 Å². The summed E-state index contributed by atoms with van der Waals surface area (Å²) >= 11 is 0. The lowest BCUT2D eigenvalue weighted by atomic mass is 10.2. The summed E-state index contributed by atoms with van der Waals surface area (Å²) in [6.45, 7) is 6.57. The number of nitrogens with zero attached hydrogens (tertiary/aromatic N) is 1. The highest BCUT2D eigenvalue weighted by atomic mass is 16.5. The van der Waals surface area contributed by atoms with Crippen LogP contribution in [0.3, 0.4) is 0 Å². The van der Waals surface area contributed by atoms with Crippen molar-refractivity contribution in [2.24, 2.45) is 5.73 Å². The molecule has 14 heavy (non-hydrogen) atoms. The Bertz CT molecular complexity index is 299. The molecule has 78 valence electrons. The Hall–Kier alpha value is -1.09. The van der Waals surface area contributed by atoms with Crippen molar-refractivity contribution in [3.63, 3.8) is 0 Å². The maximum Gasteiger partial charge on any atom is 0.127 e. The molecule has 0 amide bonds. The Morgan fingerprint density at radius 2 is 2.29 bits per heavy atom. The topological polar surface area (TPSA) is 48.1 Å². The molecule has 1 rings (SSSR count). The second-order valence-electron chi connectivity index (χ2n) is 3.47. The van der Waals surface area contributed by atoms with Crippen molar-refractivity contribution in [1.29, 1.82) is 0 Å². The Balaban J connectivity index is 2.87. The molecule has 0 saturated heterocycles. The van der Waals surface area contributed by atoms with Gasteiger partial charge in [-0.1, -0.05) is 6.92 Å². The third-order valence-corrected chi connectivity index (χ3v) is 2.20. The highest BCUT2D eigenvalue weighted by Crippen LogP contribution is 2.19. The van der Waals surface area contributed by atoms with Crippen molar-refractivity contribution in [3.05, 3.63) is 23.5 Å². The smallest absolute Gasteiger partial charge is 0.127 e. The highest BCUT2D eigenvalue weighted by molar-refractivity contribution is 5.32. The zero-order valence-electron chi connectivity index (χ0n) is 9.08. The standard InChI is InChI=1S/C11H18N2O/c1-4-9(3)14-11-5-8(2)13-7-10(11)6-12/h5,7,9H,4,6,12H2,1-3H3. The highest BCUT2D eigenvalue weighted by Gasteiger charge is 2.06. The number of hydrogen-bond donors (Lipinski definition) is 1. The Morgan fingerprint density at radius 1 is 1.57 bits per heavy atom. The predicted molar refractivity (Wildman–Crippen MR) is 57.2 cm³/mol. The first-order valence-corrected chi connectivity index (χ1v) is 4.99. The fourth-order valence-electron chi connectivity index (χ4n) is 1.13. The van der Waals surface area contributed by atoms with Crippen LogP contribution in [0.25, 0.3) is 0 Å². The number of ether oxygens (including phenoxy) is 1. The summed E-state index contributed by atoms with van der Waals surface area (Å²) in [6, 6.07) is 1.94. The molecule has 0 bridgehead atoms. The van der Waals surface area contributed by atoms with E-state index in [1.54, 1.807) is 6.20 Å². The molecule has 0 aliphatic rings. The third-order valence-electron chi connectivity index (χ3n) is 2.20. The van der Waals surface area contributed by atoms with Gasteiger partial charge in [-0.3, -0.25) is 4.98 Å². The number of aryl methyl sites for hydroxylation is 1. The molecule has 0 aliphatic carbocycles. The molecule has 0 aliphatic heterocycles. The van der Waals surface area contributed by atoms with Gasteiger partial charge >= 0.3 is 0 Å². The van der Waals surface area contributed by atoms with E-state index in [0.717, 1.165) is 23.4 Å². The lowest BCUT2D eigenvalue weighted by Crippen LogP contribution is -2.12. The molecule has 1 unspecified atom stereocenters. The van der Waals surface area contributed by atoms with Gasteiger partial charge in [0.15, 0.2) is 0 Å². The summed E-state index contributed by atoms with van der Waals surface area (Å²) in [5.74, 6) is 0.870. The minimum Gasteiger partial charge on any atom is -0.490 e. The molecule has 1 aromatic rings. The third kappa shape index (κ3) is 2.70. The second kappa shape index (κ2) is 4.96. The molecule has 3 nitrogen and oxygen atoms in total. The first kappa shape index (κ1) is 11.0. The van der Waals surface area contributed by atoms with E-state index in [1.165, 1.54) is 0 Å². The van der Waals surface area contributed by atoms with Gasteiger partial charge < -0.3 is 10.5 Å². The van der Waals surface area contributed by atoms with Crippen molar-refractivity contribution in [2.45, 2.75) is 39.8 Å². The molecule has 0 radical (unpaired) electrons. The van der Waals surface area contributed by atoms with Gasteiger partial charge in [-0.15, -0.1) is 0 Å². The van der Waals surface area contributed by atoms with Gasteiger partial charge in [0.05, 0.1) is 6.10 Å². The Morgan fingerprint density at radius 3 is 2.86 bits per heavy atom. The maximum absolute atomic E-state index is 5.75. The summed E-state index contributed by atoms with van der Waals surface area (Å²) in [5, 5.41) is 0. The Kier molecular flexibility index (Phi) is 3.89. The van der Waals surface area contributed by atoms with Crippen molar-refractivity contribution >= 4 is 0 Å². The molecular formula is C11H18N2O. The lowest BCUT2D eigenvalue weighted by molar-refractivity contribution is 0.215. The van der Waals surface area contributed by atoms with Gasteiger partial charge in [-0.2, -0.15) is 0 Å². The van der Waals surface area contributed by atoms with Crippen LogP contribution in [0.1, 0.15) is 31.5 Å². The van der Waals surface area contributed by atoms with Crippen LogP contribution in [0.15, 0.2) is 12.3 Å². The zero-order chi connectivity index (χ0) is 10.6. The summed E-state index contributed by atoms with van der Waals surface area (Å²) in [5.41, 5.74) is 7.53. The molecule has 0 saturated carbocycles. The lowest BCUT2D eigenvalue weighted by Gasteiger charge is -2.15. The second-order valence-corrected chi connectivity index (χ2v) is 3.47. The van der Waals surface area contributed by atoms with E-state index < -0.39 is 0 Å². The molecule has 0 spiro atoms. The quantitative estimate of drug-likeness (QED) is 0.797. The van der Waals surface area contributed by atoms with Crippen LogP contribution >= 0.6 is 0 Å². The minimum atomic E-state index is 0.224. The van der Waals surface area contributed by atoms with E-state index >= 15 is 0 Å². The van der Waals surface area contributed by atoms with Crippen molar-refractivity contribution in [1.82, 2.24) is 4.98 Å². The summed E-state index contributed by atoms with van der Waals surface area (Å²) in [7, 11) is 0. The minimum absolute atomic E-state index is 0.224. The molecule has 0 fully saturated rings.